The van der Waals surface area contributed by atoms with Crippen LogP contribution in [0.2, 0.25) is 15.1 Å². The smallest absolute Gasteiger partial charge is 0.450 e. The van der Waals surface area contributed by atoms with Gasteiger partial charge in [-0.25, -0.2) is 0 Å². The molecule has 2 nitrogen and oxygen atoms in total. The summed E-state index contributed by atoms with van der Waals surface area (Å²) in [5, 5.41) is 8.70. The highest BCUT2D eigenvalue weighted by Gasteiger charge is 2.39. The number of allylic oxidation sites excluding steroid dienone is 2. The number of nitriles is 1. The fraction of sp³-hybridized carbons (Fsp3) is 0.182. The third kappa shape index (κ3) is 3.47. The van der Waals surface area contributed by atoms with Gasteiger partial charge in [-0.3, -0.25) is 0 Å². The molecule has 19 heavy (non-hydrogen) atoms. The highest BCUT2D eigenvalue weighted by atomic mass is 35.5. The topological polar surface area (TPSA) is 33.0 Å². The van der Waals surface area contributed by atoms with E-state index in [1.165, 1.54) is 12.1 Å². The zero-order chi connectivity index (χ0) is 14.8. The molecule has 0 unspecified atom stereocenters. The lowest BCUT2D eigenvalue weighted by molar-refractivity contribution is -0.124. The van der Waals surface area contributed by atoms with Crippen molar-refractivity contribution in [1.82, 2.24) is 0 Å². The number of hydrogen-bond acceptors (Lipinski definition) is 2. The van der Waals surface area contributed by atoms with Gasteiger partial charge in [-0.1, -0.05) is 34.8 Å². The molecule has 0 aliphatic heterocycles. The molecule has 0 spiro atoms. The number of hydrogen-bond donors (Lipinski definition) is 0. The number of benzene rings is 1. The average Bonchev–Trinajstić information content (AvgIpc) is 2.29. The predicted octanol–water partition coefficient (Wildman–Crippen LogP) is 5.09. The standard InChI is InChI=1S/C11H5Cl3F3NO/c1-19-10(11(15,16)17)7(4-18)6-2-5(12)3-8(13)9(6)14/h2-3H,1H3. The molecular formula is C11H5Cl3F3NO. The van der Waals surface area contributed by atoms with Crippen LogP contribution < -0.4 is 0 Å². The minimum atomic E-state index is -4.84. The molecule has 1 rings (SSSR count). The molecule has 0 aliphatic carbocycles. The molecule has 1 aromatic carbocycles. The summed E-state index contributed by atoms with van der Waals surface area (Å²) in [7, 11) is 0.806. The molecule has 0 fully saturated rings. The molecule has 0 radical (unpaired) electrons. The Labute approximate surface area is 121 Å². The zero-order valence-electron chi connectivity index (χ0n) is 9.28. The van der Waals surface area contributed by atoms with E-state index in [1.54, 1.807) is 0 Å². The Morgan fingerprint density at radius 3 is 2.26 bits per heavy atom. The van der Waals surface area contributed by atoms with E-state index in [1.807, 2.05) is 0 Å². The molecule has 0 aliphatic rings. The second-order valence-corrected chi connectivity index (χ2v) is 4.49. The van der Waals surface area contributed by atoms with Gasteiger partial charge >= 0.3 is 6.18 Å². The van der Waals surface area contributed by atoms with Gasteiger partial charge in [0, 0.05) is 10.6 Å². The average molecular weight is 331 g/mol. The highest BCUT2D eigenvalue weighted by Crippen LogP contribution is 2.38. The maximum absolute atomic E-state index is 12.7. The van der Waals surface area contributed by atoms with E-state index in [0.29, 0.717) is 0 Å². The van der Waals surface area contributed by atoms with Crippen LogP contribution in [0.1, 0.15) is 5.56 Å². The lowest BCUT2D eigenvalue weighted by Crippen LogP contribution is -2.15. The van der Waals surface area contributed by atoms with Crippen LogP contribution in [0, 0.1) is 11.3 Å². The van der Waals surface area contributed by atoms with Gasteiger partial charge in [0.1, 0.15) is 11.6 Å². The van der Waals surface area contributed by atoms with Crippen LogP contribution in [-0.4, -0.2) is 13.3 Å². The largest absolute Gasteiger partial charge is 0.491 e. The van der Waals surface area contributed by atoms with Crippen LogP contribution in [0.5, 0.6) is 0 Å². The lowest BCUT2D eigenvalue weighted by atomic mass is 10.1. The second-order valence-electron chi connectivity index (χ2n) is 3.27. The van der Waals surface area contributed by atoms with Crippen molar-refractivity contribution in [3.8, 4) is 6.07 Å². The summed E-state index contributed by atoms with van der Waals surface area (Å²) < 4.78 is 42.4. The third-order valence-electron chi connectivity index (χ3n) is 2.06. The van der Waals surface area contributed by atoms with Crippen molar-refractivity contribution in [1.29, 1.82) is 5.26 Å². The molecular weight excluding hydrogens is 325 g/mol. The van der Waals surface area contributed by atoms with Gasteiger partial charge in [0.2, 0.25) is 5.76 Å². The SMILES string of the molecule is COC(=C(C#N)c1cc(Cl)cc(Cl)c1Cl)C(F)(F)F. The maximum Gasteiger partial charge on any atom is 0.450 e. The normalized spacial score (nSPS) is 12.7. The number of alkyl halides is 3. The van der Waals surface area contributed by atoms with Gasteiger partial charge in [0.25, 0.3) is 0 Å². The highest BCUT2D eigenvalue weighted by molar-refractivity contribution is 6.44. The molecule has 102 valence electrons. The van der Waals surface area contributed by atoms with E-state index in [-0.39, 0.29) is 20.6 Å². The summed E-state index contributed by atoms with van der Waals surface area (Å²) in [6, 6.07) is 3.77. The Morgan fingerprint density at radius 1 is 1.26 bits per heavy atom. The summed E-state index contributed by atoms with van der Waals surface area (Å²) >= 11 is 17.2. The Hall–Kier alpha value is -1.09. The van der Waals surface area contributed by atoms with Gasteiger partial charge < -0.3 is 4.74 Å². The molecule has 1 aromatic rings. The Kier molecular flexibility index (Phi) is 4.97. The second kappa shape index (κ2) is 5.91. The van der Waals surface area contributed by atoms with Crippen LogP contribution in [0.15, 0.2) is 17.9 Å². The number of halogens is 6. The predicted molar refractivity (Wildman–Crippen MR) is 67.1 cm³/mol. The van der Waals surface area contributed by atoms with Crippen molar-refractivity contribution in [2.75, 3.05) is 7.11 Å². The molecule has 0 amide bonds. The van der Waals surface area contributed by atoms with Crippen molar-refractivity contribution >= 4 is 40.4 Å². The van der Waals surface area contributed by atoms with Crippen molar-refractivity contribution < 1.29 is 17.9 Å². The van der Waals surface area contributed by atoms with E-state index in [2.05, 4.69) is 4.74 Å². The minimum Gasteiger partial charge on any atom is -0.491 e. The van der Waals surface area contributed by atoms with Crippen molar-refractivity contribution in [3.05, 3.63) is 38.5 Å². The molecule has 0 N–H and O–H groups in total. The van der Waals surface area contributed by atoms with Crippen LogP contribution in [0.3, 0.4) is 0 Å². The first kappa shape index (κ1) is 16.0. The first-order chi connectivity index (χ1) is 8.72. The monoisotopic (exact) mass is 329 g/mol. The first-order valence-electron chi connectivity index (χ1n) is 4.62. The van der Waals surface area contributed by atoms with Crippen molar-refractivity contribution in [2.24, 2.45) is 0 Å². The molecule has 0 saturated heterocycles. The van der Waals surface area contributed by atoms with E-state index < -0.39 is 17.5 Å². The summed E-state index contributed by atoms with van der Waals surface area (Å²) in [6.07, 6.45) is -4.84. The first-order valence-corrected chi connectivity index (χ1v) is 5.76. The van der Waals surface area contributed by atoms with Crippen LogP contribution >= 0.6 is 34.8 Å². The van der Waals surface area contributed by atoms with Crippen LogP contribution in [0.25, 0.3) is 5.57 Å². The van der Waals surface area contributed by atoms with Crippen LogP contribution in [-0.2, 0) is 4.74 Å². The quantitative estimate of drug-likeness (QED) is 0.430. The van der Waals surface area contributed by atoms with Crippen molar-refractivity contribution in [3.63, 3.8) is 0 Å². The molecule has 0 heterocycles. The van der Waals surface area contributed by atoms with Gasteiger partial charge in [-0.2, -0.15) is 18.4 Å². The van der Waals surface area contributed by atoms with E-state index >= 15 is 0 Å². The summed E-state index contributed by atoms with van der Waals surface area (Å²) in [4.78, 5) is 0. The summed E-state index contributed by atoms with van der Waals surface area (Å²) in [5.41, 5.74) is -1.03. The fourth-order valence-electron chi connectivity index (χ4n) is 1.33. The lowest BCUT2D eigenvalue weighted by Gasteiger charge is -2.14. The Bertz CT molecular complexity index is 576. The number of methoxy groups -OCH3 is 1. The van der Waals surface area contributed by atoms with Gasteiger partial charge in [-0.15, -0.1) is 0 Å². The van der Waals surface area contributed by atoms with Gasteiger partial charge in [0.05, 0.1) is 17.2 Å². The molecule has 8 heteroatoms. The number of nitrogens with zero attached hydrogens (tertiary/aromatic N) is 1. The van der Waals surface area contributed by atoms with E-state index in [0.717, 1.165) is 13.2 Å². The third-order valence-corrected chi connectivity index (χ3v) is 3.08. The maximum atomic E-state index is 12.7. The molecule has 0 atom stereocenters. The summed E-state index contributed by atoms with van der Waals surface area (Å²) in [6.45, 7) is 0. The van der Waals surface area contributed by atoms with E-state index in [4.69, 9.17) is 40.1 Å². The van der Waals surface area contributed by atoms with E-state index in [9.17, 15) is 13.2 Å². The summed E-state index contributed by atoms with van der Waals surface area (Å²) in [5.74, 6) is -1.46. The molecule has 0 aromatic heterocycles. The molecule has 0 bridgehead atoms. The molecule has 0 saturated carbocycles. The zero-order valence-corrected chi connectivity index (χ0v) is 11.5. The van der Waals surface area contributed by atoms with Gasteiger partial charge in [-0.05, 0) is 12.1 Å². The number of ether oxygens (including phenoxy) is 1. The van der Waals surface area contributed by atoms with Gasteiger partial charge in [0.15, 0.2) is 0 Å². The number of rotatable bonds is 2. The minimum absolute atomic E-state index is 0.0507. The Morgan fingerprint density at radius 2 is 1.84 bits per heavy atom. The van der Waals surface area contributed by atoms with Crippen molar-refractivity contribution in [2.45, 2.75) is 6.18 Å². The Balaban J connectivity index is 3.66. The fourth-order valence-corrected chi connectivity index (χ4v) is 2.03. The van der Waals surface area contributed by atoms with Crippen LogP contribution in [0.4, 0.5) is 13.2 Å².